The van der Waals surface area contributed by atoms with E-state index < -0.39 is 0 Å². The summed E-state index contributed by atoms with van der Waals surface area (Å²) < 4.78 is 0. The number of hydrogen-bond acceptors (Lipinski definition) is 4. The first-order chi connectivity index (χ1) is 7.25. The van der Waals surface area contributed by atoms with E-state index in [4.69, 9.17) is 0 Å². The minimum atomic E-state index is 0.574. The lowest BCUT2D eigenvalue weighted by molar-refractivity contribution is 0.503. The number of nitrogens with zero attached hydrogens (tertiary/aromatic N) is 2. The Kier molecular flexibility index (Phi) is 3.64. The first-order valence-corrected chi connectivity index (χ1v) is 6.94. The highest BCUT2D eigenvalue weighted by Gasteiger charge is 2.22. The molecule has 1 atom stereocenters. The summed E-state index contributed by atoms with van der Waals surface area (Å²) in [4.78, 5) is 8.72. The Bertz CT molecular complexity index is 332. The molecular formula is C10H15N3S2. The number of hydrogen-bond donors (Lipinski definition) is 1. The smallest absolute Gasteiger partial charge is 0.157 e. The summed E-state index contributed by atoms with van der Waals surface area (Å²) in [6.07, 6.45) is 1.83. The topological polar surface area (TPSA) is 37.3 Å². The molecule has 2 heterocycles. The molecule has 1 aliphatic heterocycles. The first-order valence-electron chi connectivity index (χ1n) is 5.08. The largest absolute Gasteiger partial charge is 0.361 e. The fourth-order valence-corrected chi connectivity index (χ4v) is 3.07. The van der Waals surface area contributed by atoms with E-state index in [-0.39, 0.29) is 0 Å². The molecule has 15 heavy (non-hydrogen) atoms. The van der Waals surface area contributed by atoms with Crippen LogP contribution in [-0.4, -0.2) is 21.9 Å². The lowest BCUT2D eigenvalue weighted by atomic mass is 10.1. The van der Waals surface area contributed by atoms with Crippen LogP contribution in [0.25, 0.3) is 0 Å². The molecule has 3 nitrogen and oxygen atoms in total. The molecule has 1 N–H and O–H groups in total. The van der Waals surface area contributed by atoms with E-state index in [1.54, 1.807) is 11.3 Å². The van der Waals surface area contributed by atoms with E-state index in [9.17, 15) is 0 Å². The summed E-state index contributed by atoms with van der Waals surface area (Å²) >= 11 is 3.47. The van der Waals surface area contributed by atoms with Crippen LogP contribution < -0.4 is 5.32 Å². The molecule has 1 saturated heterocycles. The monoisotopic (exact) mass is 241 g/mol. The fourth-order valence-electron chi connectivity index (χ4n) is 1.33. The van der Waals surface area contributed by atoms with Crippen molar-refractivity contribution in [2.75, 3.05) is 5.75 Å². The number of aromatic nitrogens is 1. The maximum Gasteiger partial charge on any atom is 0.157 e. The van der Waals surface area contributed by atoms with Crippen molar-refractivity contribution < 1.29 is 0 Å². The summed E-state index contributed by atoms with van der Waals surface area (Å²) in [5.41, 5.74) is 0. The molecule has 0 unspecified atom stereocenters. The number of thiazole rings is 1. The number of amidine groups is 1. The van der Waals surface area contributed by atoms with Gasteiger partial charge in [0.2, 0.25) is 0 Å². The average molecular weight is 241 g/mol. The van der Waals surface area contributed by atoms with Crippen molar-refractivity contribution in [2.45, 2.75) is 26.4 Å². The Morgan fingerprint density at radius 1 is 1.67 bits per heavy atom. The predicted molar refractivity (Wildman–Crippen MR) is 67.5 cm³/mol. The Balaban J connectivity index is 1.88. The summed E-state index contributed by atoms with van der Waals surface area (Å²) in [6, 6.07) is 0.574. The van der Waals surface area contributed by atoms with E-state index in [0.717, 1.165) is 15.9 Å². The van der Waals surface area contributed by atoms with Gasteiger partial charge in [0.1, 0.15) is 5.01 Å². The Hall–Kier alpha value is -0.550. The van der Waals surface area contributed by atoms with E-state index in [0.29, 0.717) is 18.5 Å². The van der Waals surface area contributed by atoms with Crippen LogP contribution in [0, 0.1) is 5.92 Å². The Morgan fingerprint density at radius 3 is 3.13 bits per heavy atom. The summed E-state index contributed by atoms with van der Waals surface area (Å²) in [5, 5.41) is 7.58. The minimum Gasteiger partial charge on any atom is -0.361 e. The van der Waals surface area contributed by atoms with Gasteiger partial charge < -0.3 is 5.32 Å². The zero-order chi connectivity index (χ0) is 10.7. The highest BCUT2D eigenvalue weighted by molar-refractivity contribution is 8.14. The second-order valence-electron chi connectivity index (χ2n) is 3.85. The third kappa shape index (κ3) is 2.95. The van der Waals surface area contributed by atoms with Gasteiger partial charge in [0.15, 0.2) is 5.17 Å². The van der Waals surface area contributed by atoms with Crippen LogP contribution in [0.15, 0.2) is 16.6 Å². The predicted octanol–water partition coefficient (Wildman–Crippen LogP) is 2.36. The van der Waals surface area contributed by atoms with Crippen molar-refractivity contribution in [3.05, 3.63) is 16.6 Å². The molecule has 1 aromatic rings. The zero-order valence-electron chi connectivity index (χ0n) is 8.93. The van der Waals surface area contributed by atoms with Gasteiger partial charge in [-0.25, -0.2) is 4.98 Å². The van der Waals surface area contributed by atoms with Crippen LogP contribution in [0.5, 0.6) is 0 Å². The lowest BCUT2D eigenvalue weighted by Crippen LogP contribution is -2.31. The van der Waals surface area contributed by atoms with Gasteiger partial charge in [-0.05, 0) is 5.92 Å². The fraction of sp³-hybridized carbons (Fsp3) is 0.600. The van der Waals surface area contributed by atoms with Gasteiger partial charge in [-0.2, -0.15) is 0 Å². The van der Waals surface area contributed by atoms with Gasteiger partial charge in [-0.15, -0.1) is 11.3 Å². The number of nitrogens with one attached hydrogen (secondary N) is 1. The average Bonchev–Trinajstić information content (AvgIpc) is 2.86. The molecule has 1 aliphatic rings. The summed E-state index contributed by atoms with van der Waals surface area (Å²) in [6.45, 7) is 5.18. The molecule has 0 saturated carbocycles. The highest BCUT2D eigenvalue weighted by Crippen LogP contribution is 2.19. The van der Waals surface area contributed by atoms with E-state index in [2.05, 4.69) is 29.1 Å². The van der Waals surface area contributed by atoms with Gasteiger partial charge in [0.05, 0.1) is 6.54 Å². The molecule has 0 spiro atoms. The van der Waals surface area contributed by atoms with Gasteiger partial charge in [0.25, 0.3) is 0 Å². The molecule has 0 aromatic carbocycles. The second-order valence-corrected chi connectivity index (χ2v) is 5.84. The third-order valence-corrected chi connectivity index (χ3v) is 4.17. The highest BCUT2D eigenvalue weighted by atomic mass is 32.2. The van der Waals surface area contributed by atoms with Gasteiger partial charge >= 0.3 is 0 Å². The molecular weight excluding hydrogens is 226 g/mol. The maximum absolute atomic E-state index is 4.51. The van der Waals surface area contributed by atoms with Crippen molar-refractivity contribution in [3.8, 4) is 0 Å². The molecule has 0 radical (unpaired) electrons. The standard InChI is InChI=1S/C10H15N3S2/c1-7(2)8-6-15-10(13-8)12-5-9-11-3-4-14-9/h3-4,7-8H,5-6H2,1-2H3,(H,12,13)/t8-/m1/s1. The molecule has 0 bridgehead atoms. The Labute approximate surface area is 98.4 Å². The number of thioether (sulfide) groups is 1. The van der Waals surface area contributed by atoms with Gasteiger partial charge in [-0.3, -0.25) is 4.99 Å². The lowest BCUT2D eigenvalue weighted by Gasteiger charge is -2.12. The molecule has 82 valence electrons. The van der Waals surface area contributed by atoms with Crippen LogP contribution >= 0.6 is 23.1 Å². The zero-order valence-corrected chi connectivity index (χ0v) is 10.6. The van der Waals surface area contributed by atoms with Gasteiger partial charge in [-0.1, -0.05) is 25.6 Å². The first kappa shape index (κ1) is 11.0. The quantitative estimate of drug-likeness (QED) is 0.882. The molecule has 0 aliphatic carbocycles. The SMILES string of the molecule is CC(C)[C@H]1CSC(=NCc2nccs2)N1. The van der Waals surface area contributed by atoms with Crippen LogP contribution in [0.3, 0.4) is 0 Å². The minimum absolute atomic E-state index is 0.574. The summed E-state index contributed by atoms with van der Waals surface area (Å²) in [5.74, 6) is 1.80. The van der Waals surface area contributed by atoms with Crippen molar-refractivity contribution in [2.24, 2.45) is 10.9 Å². The molecule has 1 fully saturated rings. The van der Waals surface area contributed by atoms with Crippen molar-refractivity contribution in [1.29, 1.82) is 0 Å². The van der Waals surface area contributed by atoms with Crippen molar-refractivity contribution >= 4 is 28.3 Å². The van der Waals surface area contributed by atoms with Crippen molar-refractivity contribution in [1.82, 2.24) is 10.3 Å². The molecule has 0 amide bonds. The van der Waals surface area contributed by atoms with Crippen LogP contribution in [0.1, 0.15) is 18.9 Å². The summed E-state index contributed by atoms with van der Waals surface area (Å²) in [7, 11) is 0. The Morgan fingerprint density at radius 2 is 2.53 bits per heavy atom. The third-order valence-electron chi connectivity index (χ3n) is 2.35. The maximum atomic E-state index is 4.51. The van der Waals surface area contributed by atoms with E-state index in [1.165, 1.54) is 0 Å². The van der Waals surface area contributed by atoms with Crippen molar-refractivity contribution in [3.63, 3.8) is 0 Å². The van der Waals surface area contributed by atoms with Crippen LogP contribution in [0.4, 0.5) is 0 Å². The molecule has 5 heteroatoms. The van der Waals surface area contributed by atoms with Crippen LogP contribution in [-0.2, 0) is 6.54 Å². The van der Waals surface area contributed by atoms with E-state index in [1.807, 2.05) is 23.3 Å². The second kappa shape index (κ2) is 4.99. The number of rotatable bonds is 3. The molecule has 1 aromatic heterocycles. The normalized spacial score (nSPS) is 23.7. The van der Waals surface area contributed by atoms with Gasteiger partial charge in [0, 0.05) is 23.4 Å². The van der Waals surface area contributed by atoms with E-state index >= 15 is 0 Å². The molecule has 2 rings (SSSR count). The van der Waals surface area contributed by atoms with Crippen LogP contribution in [0.2, 0.25) is 0 Å². The number of aliphatic imine (C=N–C) groups is 1.